The third kappa shape index (κ3) is 4.16. The van der Waals surface area contributed by atoms with Crippen molar-refractivity contribution in [1.82, 2.24) is 4.90 Å². The third-order valence-corrected chi connectivity index (χ3v) is 4.97. The van der Waals surface area contributed by atoms with Gasteiger partial charge in [0.15, 0.2) is 0 Å². The molecule has 5 heteroatoms. The average molecular weight is 389 g/mol. The zero-order valence-corrected chi connectivity index (χ0v) is 15.0. The predicted molar refractivity (Wildman–Crippen MR) is 99.5 cm³/mol. The lowest BCUT2D eigenvalue weighted by atomic mass is 10.0. The first-order valence-corrected chi connectivity index (χ1v) is 8.94. The lowest BCUT2D eigenvalue weighted by molar-refractivity contribution is -0.143. The number of hydrogen-bond donors (Lipinski definition) is 1. The summed E-state index contributed by atoms with van der Waals surface area (Å²) in [6.07, 6.45) is 0.528. The number of halogens is 1. The first-order valence-electron chi connectivity index (χ1n) is 8.15. The minimum atomic E-state index is -0.747. The fourth-order valence-corrected chi connectivity index (χ4v) is 3.64. The molecule has 0 saturated carbocycles. The van der Waals surface area contributed by atoms with Gasteiger partial charge in [0.1, 0.15) is 6.04 Å². The van der Waals surface area contributed by atoms with E-state index in [-0.39, 0.29) is 0 Å². The Morgan fingerprint density at radius 1 is 1.04 bits per heavy atom. The molecule has 1 unspecified atom stereocenters. The van der Waals surface area contributed by atoms with Crippen LogP contribution in [0.5, 0.6) is 0 Å². The van der Waals surface area contributed by atoms with E-state index in [1.165, 1.54) is 5.69 Å². The van der Waals surface area contributed by atoms with Crippen LogP contribution in [-0.4, -0.2) is 48.2 Å². The monoisotopic (exact) mass is 388 g/mol. The molecule has 4 nitrogen and oxygen atoms in total. The van der Waals surface area contributed by atoms with Gasteiger partial charge in [-0.15, -0.1) is 0 Å². The summed E-state index contributed by atoms with van der Waals surface area (Å²) < 4.78 is 0.984. The molecule has 2 aromatic rings. The maximum absolute atomic E-state index is 11.8. The van der Waals surface area contributed by atoms with Crippen LogP contribution in [0.1, 0.15) is 5.56 Å². The number of rotatable bonds is 5. The Hall–Kier alpha value is -1.85. The second-order valence-electron chi connectivity index (χ2n) is 6.05. The van der Waals surface area contributed by atoms with Crippen molar-refractivity contribution >= 4 is 27.6 Å². The Morgan fingerprint density at radius 3 is 2.38 bits per heavy atom. The number of carbonyl (C=O) groups is 1. The van der Waals surface area contributed by atoms with Crippen LogP contribution in [0.15, 0.2) is 59.1 Å². The van der Waals surface area contributed by atoms with E-state index in [2.05, 4.69) is 37.9 Å². The highest BCUT2D eigenvalue weighted by molar-refractivity contribution is 9.10. The van der Waals surface area contributed by atoms with Gasteiger partial charge in [-0.25, -0.2) is 0 Å². The number of para-hydroxylation sites is 1. The summed E-state index contributed by atoms with van der Waals surface area (Å²) in [6.45, 7) is 3.23. The molecule has 1 heterocycles. The van der Waals surface area contributed by atoms with Gasteiger partial charge in [0.2, 0.25) is 0 Å². The Morgan fingerprint density at radius 2 is 1.75 bits per heavy atom. The molecule has 0 amide bonds. The van der Waals surface area contributed by atoms with Gasteiger partial charge in [-0.05, 0) is 36.2 Å². The Labute approximate surface area is 150 Å². The van der Waals surface area contributed by atoms with E-state index in [0.29, 0.717) is 6.42 Å². The van der Waals surface area contributed by atoms with Crippen LogP contribution in [0.2, 0.25) is 0 Å². The summed E-state index contributed by atoms with van der Waals surface area (Å²) in [5.41, 5.74) is 2.25. The highest BCUT2D eigenvalue weighted by atomic mass is 79.9. The number of hydrogen-bond acceptors (Lipinski definition) is 3. The van der Waals surface area contributed by atoms with Crippen molar-refractivity contribution in [3.05, 3.63) is 64.6 Å². The van der Waals surface area contributed by atoms with Crippen molar-refractivity contribution in [2.45, 2.75) is 12.5 Å². The van der Waals surface area contributed by atoms with Crippen molar-refractivity contribution in [3.63, 3.8) is 0 Å². The Kier molecular flexibility index (Phi) is 5.53. The van der Waals surface area contributed by atoms with Gasteiger partial charge in [-0.3, -0.25) is 9.69 Å². The Balaban J connectivity index is 1.65. The standard InChI is InChI=1S/C19H21BrN2O2/c20-16-6-4-5-15(13-16)14-18(19(23)24)22-11-9-21(10-12-22)17-7-2-1-3-8-17/h1-8,13,18H,9-12,14H2,(H,23,24). The second kappa shape index (κ2) is 7.81. The Bertz CT molecular complexity index is 685. The van der Waals surface area contributed by atoms with Crippen molar-refractivity contribution in [2.24, 2.45) is 0 Å². The number of aliphatic carboxylic acids is 1. The number of nitrogens with zero attached hydrogens (tertiary/aromatic N) is 2. The van der Waals surface area contributed by atoms with E-state index in [9.17, 15) is 9.90 Å². The minimum Gasteiger partial charge on any atom is -0.480 e. The summed E-state index contributed by atoms with van der Waals surface area (Å²) in [5.74, 6) is -0.747. The molecule has 1 aliphatic heterocycles. The number of anilines is 1. The number of benzene rings is 2. The van der Waals surface area contributed by atoms with Gasteiger partial charge in [-0.1, -0.05) is 46.3 Å². The molecule has 1 N–H and O–H groups in total. The highest BCUT2D eigenvalue weighted by Crippen LogP contribution is 2.19. The fourth-order valence-electron chi connectivity index (χ4n) is 3.19. The molecule has 1 aliphatic rings. The maximum atomic E-state index is 11.8. The van der Waals surface area contributed by atoms with Crippen LogP contribution >= 0.6 is 15.9 Å². The van der Waals surface area contributed by atoms with Gasteiger partial charge in [0.05, 0.1) is 0 Å². The van der Waals surface area contributed by atoms with Gasteiger partial charge >= 0.3 is 5.97 Å². The van der Waals surface area contributed by atoms with Gasteiger partial charge in [0.25, 0.3) is 0 Å². The molecule has 24 heavy (non-hydrogen) atoms. The van der Waals surface area contributed by atoms with E-state index in [1.807, 2.05) is 42.5 Å². The number of carboxylic acids is 1. The van der Waals surface area contributed by atoms with Crippen LogP contribution in [0.3, 0.4) is 0 Å². The quantitative estimate of drug-likeness (QED) is 0.853. The molecule has 126 valence electrons. The van der Waals surface area contributed by atoms with Crippen molar-refractivity contribution in [1.29, 1.82) is 0 Å². The first-order chi connectivity index (χ1) is 11.6. The van der Waals surface area contributed by atoms with Crippen LogP contribution in [-0.2, 0) is 11.2 Å². The van der Waals surface area contributed by atoms with Crippen LogP contribution < -0.4 is 4.90 Å². The van der Waals surface area contributed by atoms with Gasteiger partial charge in [0, 0.05) is 36.3 Å². The predicted octanol–water partition coefficient (Wildman–Crippen LogP) is 3.27. The summed E-state index contributed by atoms with van der Waals surface area (Å²) in [5, 5.41) is 9.67. The topological polar surface area (TPSA) is 43.8 Å². The maximum Gasteiger partial charge on any atom is 0.321 e. The van der Waals surface area contributed by atoms with E-state index in [4.69, 9.17) is 0 Å². The molecule has 0 radical (unpaired) electrons. The zero-order valence-electron chi connectivity index (χ0n) is 13.4. The van der Waals surface area contributed by atoms with Crippen LogP contribution in [0.25, 0.3) is 0 Å². The normalized spacial score (nSPS) is 16.8. The molecule has 1 fully saturated rings. The van der Waals surface area contributed by atoms with Crippen LogP contribution in [0.4, 0.5) is 5.69 Å². The van der Waals surface area contributed by atoms with Gasteiger partial charge in [-0.2, -0.15) is 0 Å². The zero-order chi connectivity index (χ0) is 16.9. The fraction of sp³-hybridized carbons (Fsp3) is 0.316. The number of carboxylic acid groups (broad SMARTS) is 1. The third-order valence-electron chi connectivity index (χ3n) is 4.48. The van der Waals surface area contributed by atoms with Gasteiger partial charge < -0.3 is 10.0 Å². The lowest BCUT2D eigenvalue weighted by Crippen LogP contribution is -2.53. The second-order valence-corrected chi connectivity index (χ2v) is 6.96. The molecular weight excluding hydrogens is 368 g/mol. The molecule has 1 saturated heterocycles. The molecule has 2 aromatic carbocycles. The SMILES string of the molecule is O=C(O)C(Cc1cccc(Br)c1)N1CCN(c2ccccc2)CC1. The van der Waals surface area contributed by atoms with Crippen LogP contribution in [0, 0.1) is 0 Å². The first kappa shape index (κ1) is 17.0. The lowest BCUT2D eigenvalue weighted by Gasteiger charge is -2.38. The molecule has 0 aliphatic carbocycles. The molecule has 0 aromatic heterocycles. The smallest absolute Gasteiger partial charge is 0.321 e. The molecule has 0 spiro atoms. The van der Waals surface area contributed by atoms with Crippen molar-refractivity contribution in [2.75, 3.05) is 31.1 Å². The average Bonchev–Trinajstić information content (AvgIpc) is 2.60. The number of piperazine rings is 1. The molecule has 0 bridgehead atoms. The molecule has 3 rings (SSSR count). The minimum absolute atomic E-state index is 0.475. The summed E-state index contributed by atoms with van der Waals surface area (Å²) >= 11 is 3.45. The van der Waals surface area contributed by atoms with Crippen molar-refractivity contribution < 1.29 is 9.90 Å². The summed E-state index contributed by atoms with van der Waals surface area (Å²) in [4.78, 5) is 16.2. The molecule has 1 atom stereocenters. The van der Waals surface area contributed by atoms with E-state index < -0.39 is 12.0 Å². The summed E-state index contributed by atoms with van der Waals surface area (Å²) in [7, 11) is 0. The summed E-state index contributed by atoms with van der Waals surface area (Å²) in [6, 6.07) is 17.7. The van der Waals surface area contributed by atoms with Crippen molar-refractivity contribution in [3.8, 4) is 0 Å². The van der Waals surface area contributed by atoms with E-state index in [0.717, 1.165) is 36.2 Å². The largest absolute Gasteiger partial charge is 0.480 e. The van der Waals surface area contributed by atoms with E-state index in [1.54, 1.807) is 0 Å². The molecular formula is C19H21BrN2O2. The highest BCUT2D eigenvalue weighted by Gasteiger charge is 2.29. The van der Waals surface area contributed by atoms with E-state index >= 15 is 0 Å².